The highest BCUT2D eigenvalue weighted by molar-refractivity contribution is 7.90. The summed E-state index contributed by atoms with van der Waals surface area (Å²) in [5, 5.41) is 1.89. The summed E-state index contributed by atoms with van der Waals surface area (Å²) in [6, 6.07) is 11.3. The van der Waals surface area contributed by atoms with E-state index in [1.165, 1.54) is 6.26 Å². The summed E-state index contributed by atoms with van der Waals surface area (Å²) in [5.41, 5.74) is 6.61. The summed E-state index contributed by atoms with van der Waals surface area (Å²) in [7, 11) is -2.93. The minimum absolute atomic E-state index is 0.139. The Morgan fingerprint density at radius 1 is 1.11 bits per heavy atom. The highest BCUT2D eigenvalue weighted by Gasteiger charge is 2.06. The van der Waals surface area contributed by atoms with Crippen molar-refractivity contribution in [2.45, 2.75) is 6.42 Å². The average molecular weight is 279 g/mol. The van der Waals surface area contributed by atoms with Gasteiger partial charge in [0.05, 0.1) is 12.4 Å². The van der Waals surface area contributed by atoms with Crippen molar-refractivity contribution >= 4 is 26.3 Å². The predicted molar refractivity (Wildman–Crippen MR) is 78.2 cm³/mol. The van der Waals surface area contributed by atoms with E-state index in [2.05, 4.69) is 0 Å². The topological polar surface area (TPSA) is 69.4 Å². The van der Waals surface area contributed by atoms with Crippen molar-refractivity contribution in [3.05, 3.63) is 36.4 Å². The third-order valence-corrected chi connectivity index (χ3v) is 3.87. The molecule has 2 rings (SSSR count). The Morgan fingerprint density at radius 3 is 2.47 bits per heavy atom. The second-order valence-electron chi connectivity index (χ2n) is 4.53. The standard InChI is InChI=1S/C14H17NO3S/c1-19(16,17)10-4-9-18-14-8-7-13(15)11-5-2-3-6-12(11)14/h2-3,5-8H,4,9-10,15H2,1H3. The van der Waals surface area contributed by atoms with Gasteiger partial charge >= 0.3 is 0 Å². The van der Waals surface area contributed by atoms with Gasteiger partial charge in [0.15, 0.2) is 0 Å². The monoisotopic (exact) mass is 279 g/mol. The first kappa shape index (κ1) is 13.7. The lowest BCUT2D eigenvalue weighted by Crippen LogP contribution is -2.08. The summed E-state index contributed by atoms with van der Waals surface area (Å²) < 4.78 is 27.7. The lowest BCUT2D eigenvalue weighted by Gasteiger charge is -2.10. The number of rotatable bonds is 5. The van der Waals surface area contributed by atoms with E-state index in [0.717, 1.165) is 16.5 Å². The SMILES string of the molecule is CS(=O)(=O)CCCOc1ccc(N)c2ccccc12. The first-order chi connectivity index (χ1) is 8.97. The number of sulfone groups is 1. The first-order valence-electron chi connectivity index (χ1n) is 6.05. The van der Waals surface area contributed by atoms with Crippen molar-refractivity contribution in [3.63, 3.8) is 0 Å². The Bertz CT molecular complexity index is 680. The molecule has 0 spiro atoms. The summed E-state index contributed by atoms with van der Waals surface area (Å²) in [5.74, 6) is 0.873. The first-order valence-corrected chi connectivity index (χ1v) is 8.11. The van der Waals surface area contributed by atoms with Gasteiger partial charge in [-0.05, 0) is 18.6 Å². The van der Waals surface area contributed by atoms with Crippen LogP contribution >= 0.6 is 0 Å². The molecular weight excluding hydrogens is 262 g/mol. The molecule has 0 aliphatic carbocycles. The number of fused-ring (bicyclic) bond motifs is 1. The lowest BCUT2D eigenvalue weighted by molar-refractivity contribution is 0.321. The molecule has 0 fully saturated rings. The smallest absolute Gasteiger partial charge is 0.147 e. The number of hydrogen-bond acceptors (Lipinski definition) is 4. The molecule has 0 aliphatic heterocycles. The van der Waals surface area contributed by atoms with Gasteiger partial charge in [-0.3, -0.25) is 0 Å². The third-order valence-electron chi connectivity index (χ3n) is 2.83. The quantitative estimate of drug-likeness (QED) is 0.673. The van der Waals surface area contributed by atoms with Crippen molar-refractivity contribution < 1.29 is 13.2 Å². The molecule has 19 heavy (non-hydrogen) atoms. The van der Waals surface area contributed by atoms with Crippen LogP contribution in [0.1, 0.15) is 6.42 Å². The van der Waals surface area contributed by atoms with Crippen molar-refractivity contribution in [3.8, 4) is 5.75 Å². The van der Waals surface area contributed by atoms with Crippen LogP contribution in [0, 0.1) is 0 Å². The van der Waals surface area contributed by atoms with E-state index in [1.807, 2.05) is 30.3 Å². The fourth-order valence-electron chi connectivity index (χ4n) is 1.92. The second kappa shape index (κ2) is 5.48. The fraction of sp³-hybridized carbons (Fsp3) is 0.286. The molecule has 0 aromatic heterocycles. The Hall–Kier alpha value is -1.75. The van der Waals surface area contributed by atoms with Crippen molar-refractivity contribution in [2.75, 3.05) is 24.3 Å². The molecule has 2 aromatic carbocycles. The molecule has 0 unspecified atom stereocenters. The number of nitrogen functional groups attached to an aromatic ring is 1. The van der Waals surface area contributed by atoms with Gasteiger partial charge in [-0.15, -0.1) is 0 Å². The van der Waals surface area contributed by atoms with Crippen LogP contribution in [-0.2, 0) is 9.84 Å². The average Bonchev–Trinajstić information content (AvgIpc) is 2.36. The van der Waals surface area contributed by atoms with Crippen molar-refractivity contribution in [1.29, 1.82) is 0 Å². The summed E-state index contributed by atoms with van der Waals surface area (Å²) in [6.45, 7) is 0.376. The maximum atomic E-state index is 11.0. The minimum atomic E-state index is -2.93. The Kier molecular flexibility index (Phi) is 3.95. The van der Waals surface area contributed by atoms with E-state index >= 15 is 0 Å². The molecule has 0 aliphatic rings. The van der Waals surface area contributed by atoms with E-state index in [1.54, 1.807) is 6.07 Å². The molecule has 0 atom stereocenters. The zero-order valence-electron chi connectivity index (χ0n) is 10.8. The zero-order chi connectivity index (χ0) is 13.9. The molecule has 4 nitrogen and oxygen atoms in total. The number of hydrogen-bond donors (Lipinski definition) is 1. The van der Waals surface area contributed by atoms with E-state index < -0.39 is 9.84 Å². The van der Waals surface area contributed by atoms with Crippen LogP contribution in [0.25, 0.3) is 10.8 Å². The Morgan fingerprint density at radius 2 is 1.79 bits per heavy atom. The predicted octanol–water partition coefficient (Wildman–Crippen LogP) is 2.24. The van der Waals surface area contributed by atoms with Gasteiger partial charge in [-0.25, -0.2) is 8.42 Å². The van der Waals surface area contributed by atoms with Gasteiger partial charge in [0.25, 0.3) is 0 Å². The molecule has 0 radical (unpaired) electrons. The highest BCUT2D eigenvalue weighted by atomic mass is 32.2. The Labute approximate surface area is 113 Å². The van der Waals surface area contributed by atoms with Gasteiger partial charge in [-0.2, -0.15) is 0 Å². The molecule has 0 amide bonds. The molecule has 0 saturated carbocycles. The zero-order valence-corrected chi connectivity index (χ0v) is 11.6. The number of anilines is 1. The summed E-state index contributed by atoms with van der Waals surface area (Å²) in [6.07, 6.45) is 1.71. The molecule has 0 heterocycles. The minimum Gasteiger partial charge on any atom is -0.493 e. The van der Waals surface area contributed by atoms with Gasteiger partial charge < -0.3 is 10.5 Å². The molecule has 5 heteroatoms. The largest absolute Gasteiger partial charge is 0.493 e. The number of benzene rings is 2. The summed E-state index contributed by atoms with van der Waals surface area (Å²) >= 11 is 0. The highest BCUT2D eigenvalue weighted by Crippen LogP contribution is 2.29. The van der Waals surface area contributed by atoms with E-state index in [9.17, 15) is 8.42 Å². The molecule has 0 saturated heterocycles. The number of nitrogens with two attached hydrogens (primary N) is 1. The Balaban J connectivity index is 2.11. The van der Waals surface area contributed by atoms with Gasteiger partial charge in [0, 0.05) is 22.7 Å². The van der Waals surface area contributed by atoms with Crippen LogP contribution in [0.2, 0.25) is 0 Å². The lowest BCUT2D eigenvalue weighted by atomic mass is 10.1. The van der Waals surface area contributed by atoms with Crippen molar-refractivity contribution in [2.24, 2.45) is 0 Å². The molecular formula is C14H17NO3S. The van der Waals surface area contributed by atoms with Crippen molar-refractivity contribution in [1.82, 2.24) is 0 Å². The van der Waals surface area contributed by atoms with Gasteiger partial charge in [-0.1, -0.05) is 24.3 Å². The van der Waals surface area contributed by atoms with Gasteiger partial charge in [0.2, 0.25) is 0 Å². The van der Waals surface area contributed by atoms with E-state index in [4.69, 9.17) is 10.5 Å². The maximum Gasteiger partial charge on any atom is 0.147 e. The maximum absolute atomic E-state index is 11.0. The normalized spacial score (nSPS) is 11.6. The third kappa shape index (κ3) is 3.61. The van der Waals surface area contributed by atoms with Crippen LogP contribution in [0.3, 0.4) is 0 Å². The summed E-state index contributed by atoms with van der Waals surface area (Å²) in [4.78, 5) is 0. The van der Waals surface area contributed by atoms with E-state index in [-0.39, 0.29) is 5.75 Å². The van der Waals surface area contributed by atoms with Crippen LogP contribution in [0.4, 0.5) is 5.69 Å². The fourth-order valence-corrected chi connectivity index (χ4v) is 2.57. The van der Waals surface area contributed by atoms with Gasteiger partial charge in [0.1, 0.15) is 15.6 Å². The molecule has 102 valence electrons. The van der Waals surface area contributed by atoms with Crippen LogP contribution in [0.15, 0.2) is 36.4 Å². The van der Waals surface area contributed by atoms with Crippen LogP contribution in [0.5, 0.6) is 5.75 Å². The number of ether oxygens (including phenoxy) is 1. The van der Waals surface area contributed by atoms with Crippen LogP contribution < -0.4 is 10.5 Å². The molecule has 2 N–H and O–H groups in total. The molecule has 2 aromatic rings. The second-order valence-corrected chi connectivity index (χ2v) is 6.79. The van der Waals surface area contributed by atoms with Crippen LogP contribution in [-0.4, -0.2) is 27.0 Å². The molecule has 0 bridgehead atoms. The van der Waals surface area contributed by atoms with E-state index in [0.29, 0.717) is 18.7 Å².